The number of sulfone groups is 1. The first kappa shape index (κ1) is 30.6. The van der Waals surface area contributed by atoms with Gasteiger partial charge in [-0.05, 0) is 43.9 Å². The Labute approximate surface area is 248 Å². The molecule has 1 fully saturated rings. The summed E-state index contributed by atoms with van der Waals surface area (Å²) >= 11 is 0. The fraction of sp³-hybridized carbons (Fsp3) is 0.429. The molecule has 1 aliphatic carbocycles. The molecule has 1 saturated carbocycles. The van der Waals surface area contributed by atoms with Crippen LogP contribution in [0.1, 0.15) is 37.3 Å². The summed E-state index contributed by atoms with van der Waals surface area (Å²) in [5, 5.41) is 18.1. The summed E-state index contributed by atoms with van der Waals surface area (Å²) in [6.45, 7) is 0.135. The molecule has 1 aromatic carbocycles. The standard InChI is InChI=1S/C28H35N7O7S/c1-40-16-17-41-28(27(37)33-42-15-14-36)11-8-19(9-12-28)23-24(43(2,38)39)25(29)35-26(31-23)21(18-30-35)22-10-13-34(32-22)20-6-4-3-5-7-20/h3-7,10,13,18-19,36H,8-9,11-12,14-17,29H2,1-2H3,(H,33,37). The van der Waals surface area contributed by atoms with Gasteiger partial charge in [0.15, 0.2) is 15.5 Å². The summed E-state index contributed by atoms with van der Waals surface area (Å²) in [5.74, 6) is -0.861. The van der Waals surface area contributed by atoms with Gasteiger partial charge >= 0.3 is 0 Å². The van der Waals surface area contributed by atoms with Gasteiger partial charge in [-0.15, -0.1) is 0 Å². The molecule has 43 heavy (non-hydrogen) atoms. The van der Waals surface area contributed by atoms with E-state index in [9.17, 15) is 13.2 Å². The Kier molecular flexibility index (Phi) is 9.08. The van der Waals surface area contributed by atoms with Crippen molar-refractivity contribution in [1.82, 2.24) is 29.9 Å². The maximum atomic E-state index is 13.1. The maximum absolute atomic E-state index is 13.1. The number of amides is 1. The van der Waals surface area contributed by atoms with E-state index in [4.69, 9.17) is 30.1 Å². The zero-order valence-electron chi connectivity index (χ0n) is 24.0. The molecule has 4 aromatic rings. The number of aliphatic hydroxyl groups is 1. The molecule has 0 aliphatic heterocycles. The molecule has 0 bridgehead atoms. The lowest BCUT2D eigenvalue weighted by Crippen LogP contribution is -2.51. The van der Waals surface area contributed by atoms with Gasteiger partial charge in [-0.1, -0.05) is 18.2 Å². The number of nitrogen functional groups attached to an aromatic ring is 1. The number of aliphatic hydroxyl groups excluding tert-OH is 1. The molecule has 230 valence electrons. The Morgan fingerprint density at radius 2 is 1.91 bits per heavy atom. The van der Waals surface area contributed by atoms with Gasteiger partial charge in [-0.2, -0.15) is 14.7 Å². The third kappa shape index (κ3) is 6.26. The molecule has 0 radical (unpaired) electrons. The van der Waals surface area contributed by atoms with E-state index in [1.807, 2.05) is 42.6 Å². The Morgan fingerprint density at radius 1 is 1.16 bits per heavy atom. The van der Waals surface area contributed by atoms with Crippen molar-refractivity contribution in [2.75, 3.05) is 45.5 Å². The SMILES string of the molecule is COCCOC1(C(=O)NOCCO)CCC(c2nc3c(-c4ccn(-c5ccccc5)n4)cnn3c(N)c2S(C)(=O)=O)CC1. The van der Waals surface area contributed by atoms with Crippen LogP contribution in [0, 0.1) is 0 Å². The van der Waals surface area contributed by atoms with Crippen molar-refractivity contribution < 1.29 is 32.6 Å². The average molecular weight is 614 g/mol. The summed E-state index contributed by atoms with van der Waals surface area (Å²) in [7, 11) is -2.27. The first-order chi connectivity index (χ1) is 20.7. The van der Waals surface area contributed by atoms with Crippen LogP contribution in [0.5, 0.6) is 0 Å². The molecule has 5 rings (SSSR count). The number of hydrogen-bond donors (Lipinski definition) is 3. The van der Waals surface area contributed by atoms with E-state index in [1.54, 1.807) is 10.9 Å². The van der Waals surface area contributed by atoms with E-state index in [0.29, 0.717) is 35.4 Å². The van der Waals surface area contributed by atoms with Crippen molar-refractivity contribution >= 4 is 27.2 Å². The number of hydroxylamine groups is 1. The third-order valence-electron chi connectivity index (χ3n) is 7.54. The van der Waals surface area contributed by atoms with Crippen LogP contribution in [0.4, 0.5) is 5.82 Å². The zero-order valence-corrected chi connectivity index (χ0v) is 24.8. The van der Waals surface area contributed by atoms with Crippen LogP contribution in [-0.2, 0) is 28.9 Å². The van der Waals surface area contributed by atoms with Crippen LogP contribution >= 0.6 is 0 Å². The Balaban J connectivity index is 1.50. The van der Waals surface area contributed by atoms with E-state index in [-0.39, 0.29) is 55.9 Å². The number of nitrogens with zero attached hydrogens (tertiary/aromatic N) is 5. The lowest BCUT2D eigenvalue weighted by atomic mass is 9.76. The number of carbonyl (C=O) groups excluding carboxylic acids is 1. The minimum atomic E-state index is -3.81. The molecule has 4 N–H and O–H groups in total. The first-order valence-corrected chi connectivity index (χ1v) is 15.7. The Hall–Kier alpha value is -3.89. The minimum Gasteiger partial charge on any atom is -0.394 e. The molecule has 15 heteroatoms. The highest BCUT2D eigenvalue weighted by Gasteiger charge is 2.45. The Morgan fingerprint density at radius 3 is 2.58 bits per heavy atom. The number of nitrogens with two attached hydrogens (primary N) is 1. The summed E-state index contributed by atoms with van der Waals surface area (Å²) in [5.41, 5.74) is 10.4. The maximum Gasteiger partial charge on any atom is 0.275 e. The lowest BCUT2D eigenvalue weighted by molar-refractivity contribution is -0.167. The number of benzene rings is 1. The highest BCUT2D eigenvalue weighted by Crippen LogP contribution is 2.43. The topological polar surface area (TPSA) is 185 Å². The van der Waals surface area contributed by atoms with Gasteiger partial charge in [0.2, 0.25) is 0 Å². The van der Waals surface area contributed by atoms with E-state index in [1.165, 1.54) is 11.6 Å². The fourth-order valence-corrected chi connectivity index (χ4v) is 6.48. The fourth-order valence-electron chi connectivity index (χ4n) is 5.42. The van der Waals surface area contributed by atoms with Crippen LogP contribution in [0.3, 0.4) is 0 Å². The predicted molar refractivity (Wildman–Crippen MR) is 156 cm³/mol. The Bertz CT molecular complexity index is 1680. The van der Waals surface area contributed by atoms with Crippen LogP contribution in [0.2, 0.25) is 0 Å². The number of anilines is 1. The molecule has 1 amide bonds. The smallest absolute Gasteiger partial charge is 0.275 e. The summed E-state index contributed by atoms with van der Waals surface area (Å²) in [4.78, 5) is 22.9. The third-order valence-corrected chi connectivity index (χ3v) is 8.70. The number of ether oxygens (including phenoxy) is 2. The van der Waals surface area contributed by atoms with E-state index < -0.39 is 21.3 Å². The van der Waals surface area contributed by atoms with Crippen molar-refractivity contribution in [1.29, 1.82) is 0 Å². The van der Waals surface area contributed by atoms with Gasteiger partial charge in [0.1, 0.15) is 16.3 Å². The van der Waals surface area contributed by atoms with Gasteiger partial charge < -0.3 is 20.3 Å². The number of fused-ring (bicyclic) bond motifs is 1. The highest BCUT2D eigenvalue weighted by molar-refractivity contribution is 7.91. The van der Waals surface area contributed by atoms with Crippen molar-refractivity contribution in [3.63, 3.8) is 0 Å². The molecule has 3 heterocycles. The van der Waals surface area contributed by atoms with E-state index >= 15 is 0 Å². The monoisotopic (exact) mass is 613 g/mol. The number of methoxy groups -OCH3 is 1. The molecule has 1 aliphatic rings. The first-order valence-electron chi connectivity index (χ1n) is 13.8. The van der Waals surface area contributed by atoms with Crippen LogP contribution in [0.15, 0.2) is 53.7 Å². The second kappa shape index (κ2) is 12.8. The van der Waals surface area contributed by atoms with E-state index in [0.717, 1.165) is 11.9 Å². The molecule has 0 atom stereocenters. The minimum absolute atomic E-state index is 0.0421. The number of hydrogen-bond acceptors (Lipinski definition) is 11. The molecular weight excluding hydrogens is 578 g/mol. The normalized spacial score (nSPS) is 19.1. The summed E-state index contributed by atoms with van der Waals surface area (Å²) in [6, 6.07) is 11.4. The summed E-state index contributed by atoms with van der Waals surface area (Å²) < 4.78 is 40.2. The predicted octanol–water partition coefficient (Wildman–Crippen LogP) is 1.67. The van der Waals surface area contributed by atoms with Gasteiger partial charge in [0.25, 0.3) is 5.91 Å². The second-order valence-corrected chi connectivity index (χ2v) is 12.3. The number of rotatable bonds is 12. The number of para-hydroxylation sites is 1. The largest absolute Gasteiger partial charge is 0.394 e. The lowest BCUT2D eigenvalue weighted by Gasteiger charge is -2.38. The number of nitrogens with one attached hydrogen (secondary N) is 1. The van der Waals surface area contributed by atoms with Crippen molar-refractivity contribution in [3.05, 3.63) is 54.5 Å². The van der Waals surface area contributed by atoms with Crippen LogP contribution in [0.25, 0.3) is 22.6 Å². The van der Waals surface area contributed by atoms with E-state index in [2.05, 4.69) is 15.7 Å². The van der Waals surface area contributed by atoms with Crippen molar-refractivity contribution in [2.45, 2.75) is 42.1 Å². The molecular formula is C28H35N7O7S. The van der Waals surface area contributed by atoms with Gasteiger partial charge in [-0.3, -0.25) is 9.63 Å². The zero-order chi connectivity index (χ0) is 30.6. The molecule has 14 nitrogen and oxygen atoms in total. The summed E-state index contributed by atoms with van der Waals surface area (Å²) in [6.07, 6.45) is 5.78. The molecule has 0 unspecified atom stereocenters. The van der Waals surface area contributed by atoms with Crippen molar-refractivity contribution in [2.24, 2.45) is 0 Å². The molecule has 0 spiro atoms. The van der Waals surface area contributed by atoms with Crippen LogP contribution in [-0.4, -0.2) is 89.2 Å². The van der Waals surface area contributed by atoms with Crippen LogP contribution < -0.4 is 11.2 Å². The van der Waals surface area contributed by atoms with Gasteiger partial charge in [-0.25, -0.2) is 23.6 Å². The molecule has 0 saturated heterocycles. The van der Waals surface area contributed by atoms with Gasteiger partial charge in [0, 0.05) is 25.5 Å². The quantitative estimate of drug-likeness (QED) is 0.156. The number of aromatic nitrogens is 5. The average Bonchev–Trinajstić information content (AvgIpc) is 3.65. The highest BCUT2D eigenvalue weighted by atomic mass is 32.2. The van der Waals surface area contributed by atoms with Crippen molar-refractivity contribution in [3.8, 4) is 16.9 Å². The van der Waals surface area contributed by atoms with Gasteiger partial charge in [0.05, 0.1) is 55.3 Å². The number of carbonyl (C=O) groups is 1. The second-order valence-electron chi connectivity index (χ2n) is 10.4. The molecule has 3 aromatic heterocycles.